The highest BCUT2D eigenvalue weighted by atomic mass is 16.5. The molecular formula is C13H23N3O4. The van der Waals surface area contributed by atoms with Gasteiger partial charge in [-0.3, -0.25) is 9.59 Å². The van der Waals surface area contributed by atoms with Gasteiger partial charge in [0, 0.05) is 20.1 Å². The fourth-order valence-corrected chi connectivity index (χ4v) is 3.21. The van der Waals surface area contributed by atoms with Crippen LogP contribution in [0.3, 0.4) is 0 Å². The first-order valence-corrected chi connectivity index (χ1v) is 6.98. The Balaban J connectivity index is 2.20. The van der Waals surface area contributed by atoms with Gasteiger partial charge >= 0.3 is 0 Å². The topological polar surface area (TPSA) is 105 Å². The highest BCUT2D eigenvalue weighted by molar-refractivity contribution is 5.90. The Morgan fingerprint density at radius 1 is 1.45 bits per heavy atom. The van der Waals surface area contributed by atoms with Gasteiger partial charge < -0.3 is 25.8 Å². The molecule has 2 saturated heterocycles. The normalized spacial score (nSPS) is 29.4. The molecular weight excluding hydrogens is 262 g/mol. The Hall–Kier alpha value is -1.18. The van der Waals surface area contributed by atoms with E-state index in [2.05, 4.69) is 5.32 Å². The maximum absolute atomic E-state index is 12.9. The molecule has 2 rings (SSSR count). The lowest BCUT2D eigenvalue weighted by molar-refractivity contribution is -0.151. The summed E-state index contributed by atoms with van der Waals surface area (Å²) in [5.74, 6) is -0.683. The lowest BCUT2D eigenvalue weighted by atomic mass is 9.78. The number of amides is 2. The van der Waals surface area contributed by atoms with Crippen LogP contribution < -0.4 is 11.1 Å². The van der Waals surface area contributed by atoms with E-state index in [-0.39, 0.29) is 18.9 Å². The zero-order chi connectivity index (χ0) is 14.8. The van der Waals surface area contributed by atoms with Crippen molar-refractivity contribution in [1.29, 1.82) is 0 Å². The number of methoxy groups -OCH3 is 1. The zero-order valence-corrected chi connectivity index (χ0v) is 11.8. The third-order valence-corrected chi connectivity index (χ3v) is 4.30. The van der Waals surface area contributed by atoms with Crippen LogP contribution in [0.4, 0.5) is 0 Å². The molecule has 2 unspecified atom stereocenters. The molecule has 7 nitrogen and oxygen atoms in total. The number of aliphatic hydroxyl groups is 1. The summed E-state index contributed by atoms with van der Waals surface area (Å²) in [6.07, 6.45) is 0.871. The van der Waals surface area contributed by atoms with E-state index in [1.165, 1.54) is 4.90 Å². The third-order valence-electron chi connectivity index (χ3n) is 4.30. The summed E-state index contributed by atoms with van der Waals surface area (Å²) in [5, 5.41) is 13.0. The molecule has 7 heteroatoms. The lowest BCUT2D eigenvalue weighted by Gasteiger charge is -2.39. The third kappa shape index (κ3) is 2.79. The molecule has 20 heavy (non-hydrogen) atoms. The molecule has 2 aliphatic heterocycles. The largest absolute Gasteiger partial charge is 0.391 e. The molecule has 0 aliphatic carbocycles. The van der Waals surface area contributed by atoms with Crippen LogP contribution in [0.5, 0.6) is 0 Å². The number of nitrogens with one attached hydrogen (secondary N) is 1. The number of carbonyl (C=O) groups excluding carboxylic acids is 2. The molecule has 2 fully saturated rings. The number of carbonyl (C=O) groups is 2. The summed E-state index contributed by atoms with van der Waals surface area (Å²) in [7, 11) is 1.57. The van der Waals surface area contributed by atoms with Crippen molar-refractivity contribution in [3.63, 3.8) is 0 Å². The van der Waals surface area contributed by atoms with Crippen LogP contribution in [0.25, 0.3) is 0 Å². The highest BCUT2D eigenvalue weighted by Crippen LogP contribution is 2.34. The van der Waals surface area contributed by atoms with Crippen molar-refractivity contribution in [3.05, 3.63) is 0 Å². The van der Waals surface area contributed by atoms with Gasteiger partial charge in [0.05, 0.1) is 18.1 Å². The molecule has 0 saturated carbocycles. The quantitative estimate of drug-likeness (QED) is 0.580. The molecule has 2 aliphatic rings. The molecule has 0 aromatic carbocycles. The minimum atomic E-state index is -0.707. The van der Waals surface area contributed by atoms with E-state index >= 15 is 0 Å². The van der Waals surface area contributed by atoms with Crippen LogP contribution >= 0.6 is 0 Å². The van der Waals surface area contributed by atoms with E-state index in [1.54, 1.807) is 7.11 Å². The molecule has 0 aromatic heterocycles. The molecule has 2 heterocycles. The highest BCUT2D eigenvalue weighted by Gasteiger charge is 2.47. The average Bonchev–Trinajstić information content (AvgIpc) is 2.81. The second-order valence-electron chi connectivity index (χ2n) is 5.73. The first-order valence-electron chi connectivity index (χ1n) is 6.98. The Labute approximate surface area is 118 Å². The van der Waals surface area contributed by atoms with Gasteiger partial charge in [0.1, 0.15) is 6.04 Å². The predicted octanol–water partition coefficient (Wildman–Crippen LogP) is -1.55. The van der Waals surface area contributed by atoms with Crippen molar-refractivity contribution in [1.82, 2.24) is 10.2 Å². The first-order chi connectivity index (χ1) is 9.50. The van der Waals surface area contributed by atoms with E-state index in [4.69, 9.17) is 10.5 Å². The summed E-state index contributed by atoms with van der Waals surface area (Å²) in [4.78, 5) is 25.8. The number of hydrogen-bond donors (Lipinski definition) is 3. The van der Waals surface area contributed by atoms with Gasteiger partial charge in [0.25, 0.3) is 0 Å². The molecule has 2 atom stereocenters. The van der Waals surface area contributed by atoms with Gasteiger partial charge in [-0.1, -0.05) is 0 Å². The molecule has 4 N–H and O–H groups in total. The standard InChI is InChI=1S/C13H23N3O4/c1-20-8-13(2-4-15-5-3-13)12(19)16-7-9(17)6-10(16)11(14)18/h9-10,15,17H,2-8H2,1H3,(H2,14,18). The molecule has 0 radical (unpaired) electrons. The molecule has 0 aromatic rings. The number of nitrogens with zero attached hydrogens (tertiary/aromatic N) is 1. The van der Waals surface area contributed by atoms with E-state index in [0.717, 1.165) is 13.1 Å². The van der Waals surface area contributed by atoms with Gasteiger partial charge in [-0.15, -0.1) is 0 Å². The first kappa shape index (κ1) is 15.2. The zero-order valence-electron chi connectivity index (χ0n) is 11.8. The second kappa shape index (κ2) is 6.07. The maximum atomic E-state index is 12.9. The van der Waals surface area contributed by atoms with Crippen molar-refractivity contribution < 1.29 is 19.4 Å². The van der Waals surface area contributed by atoms with Crippen molar-refractivity contribution in [2.75, 3.05) is 33.4 Å². The smallest absolute Gasteiger partial charge is 0.240 e. The van der Waals surface area contributed by atoms with Crippen molar-refractivity contribution >= 4 is 11.8 Å². The van der Waals surface area contributed by atoms with E-state index in [1.807, 2.05) is 0 Å². The van der Waals surface area contributed by atoms with Crippen molar-refractivity contribution in [2.45, 2.75) is 31.4 Å². The van der Waals surface area contributed by atoms with Gasteiger partial charge in [0.2, 0.25) is 11.8 Å². The van der Waals surface area contributed by atoms with E-state index in [0.29, 0.717) is 19.4 Å². The summed E-state index contributed by atoms with van der Waals surface area (Å²) < 4.78 is 5.23. The maximum Gasteiger partial charge on any atom is 0.240 e. The number of primary amides is 1. The monoisotopic (exact) mass is 285 g/mol. The molecule has 0 spiro atoms. The molecule has 0 bridgehead atoms. The summed E-state index contributed by atoms with van der Waals surface area (Å²) in [5.41, 5.74) is 4.73. The minimum absolute atomic E-state index is 0.124. The van der Waals surface area contributed by atoms with Crippen molar-refractivity contribution in [2.24, 2.45) is 11.1 Å². The van der Waals surface area contributed by atoms with Crippen LogP contribution in [-0.4, -0.2) is 67.3 Å². The Morgan fingerprint density at radius 3 is 2.65 bits per heavy atom. The van der Waals surface area contributed by atoms with E-state index < -0.39 is 23.5 Å². The fourth-order valence-electron chi connectivity index (χ4n) is 3.21. The molecule has 114 valence electrons. The predicted molar refractivity (Wildman–Crippen MR) is 71.7 cm³/mol. The number of rotatable bonds is 4. The van der Waals surface area contributed by atoms with Crippen LogP contribution in [-0.2, 0) is 14.3 Å². The minimum Gasteiger partial charge on any atom is -0.391 e. The number of ether oxygens (including phenoxy) is 1. The van der Waals surface area contributed by atoms with Gasteiger partial charge in [0.15, 0.2) is 0 Å². The van der Waals surface area contributed by atoms with E-state index in [9.17, 15) is 14.7 Å². The van der Waals surface area contributed by atoms with Gasteiger partial charge in [-0.25, -0.2) is 0 Å². The summed E-state index contributed by atoms with van der Waals surface area (Å²) >= 11 is 0. The number of hydrogen-bond acceptors (Lipinski definition) is 5. The van der Waals surface area contributed by atoms with Gasteiger partial charge in [-0.2, -0.15) is 0 Å². The Bertz CT molecular complexity index is 376. The number of likely N-dealkylation sites (tertiary alicyclic amines) is 1. The Morgan fingerprint density at radius 2 is 2.10 bits per heavy atom. The Kier molecular flexibility index (Phi) is 4.62. The SMILES string of the molecule is COCC1(C(=O)N2CC(O)CC2C(N)=O)CCNCC1. The van der Waals surface area contributed by atoms with Crippen LogP contribution in [0.15, 0.2) is 0 Å². The number of piperidine rings is 1. The van der Waals surface area contributed by atoms with Crippen LogP contribution in [0.2, 0.25) is 0 Å². The second-order valence-corrected chi connectivity index (χ2v) is 5.73. The number of β-amino-alcohol motifs (C(OH)–C–C–N with tert-alkyl or cyclic N) is 1. The lowest BCUT2D eigenvalue weighted by Crippen LogP contribution is -2.55. The summed E-state index contributed by atoms with van der Waals surface area (Å²) in [6, 6.07) is -0.707. The summed E-state index contributed by atoms with van der Waals surface area (Å²) in [6.45, 7) is 1.98. The number of nitrogens with two attached hydrogens (primary N) is 1. The van der Waals surface area contributed by atoms with Crippen molar-refractivity contribution in [3.8, 4) is 0 Å². The fraction of sp³-hybridized carbons (Fsp3) is 0.846. The van der Waals surface area contributed by atoms with Crippen LogP contribution in [0.1, 0.15) is 19.3 Å². The average molecular weight is 285 g/mol. The number of aliphatic hydroxyl groups excluding tert-OH is 1. The van der Waals surface area contributed by atoms with Crippen LogP contribution in [0, 0.1) is 5.41 Å². The molecule has 2 amide bonds. The van der Waals surface area contributed by atoms with Gasteiger partial charge in [-0.05, 0) is 25.9 Å².